The fourth-order valence-electron chi connectivity index (χ4n) is 1.13. The van der Waals surface area contributed by atoms with Gasteiger partial charge in [-0.25, -0.2) is 4.39 Å². The van der Waals surface area contributed by atoms with E-state index in [1.54, 1.807) is 6.07 Å². The van der Waals surface area contributed by atoms with E-state index in [-0.39, 0.29) is 17.4 Å². The first-order valence-corrected chi connectivity index (χ1v) is 4.58. The van der Waals surface area contributed by atoms with Gasteiger partial charge in [-0.2, -0.15) is 0 Å². The maximum absolute atomic E-state index is 12.9. The fourth-order valence-corrected chi connectivity index (χ4v) is 1.13. The zero-order valence-electron chi connectivity index (χ0n) is 8.75. The summed E-state index contributed by atoms with van der Waals surface area (Å²) in [6.07, 6.45) is 1.26. The molecule has 16 heavy (non-hydrogen) atoms. The van der Waals surface area contributed by atoms with Crippen molar-refractivity contribution in [2.24, 2.45) is 5.73 Å². The Hall–Kier alpha value is -2.17. The minimum absolute atomic E-state index is 0.0331. The molecule has 4 nitrogen and oxygen atoms in total. The maximum Gasteiger partial charge on any atom is 0.222 e. The van der Waals surface area contributed by atoms with Crippen LogP contribution in [0.25, 0.3) is 0 Å². The van der Waals surface area contributed by atoms with Crippen molar-refractivity contribution in [2.75, 3.05) is 0 Å². The molecule has 84 valence electrons. The Morgan fingerprint density at radius 2 is 2.25 bits per heavy atom. The Labute approximate surface area is 92.5 Å². The first-order valence-electron chi connectivity index (χ1n) is 4.58. The van der Waals surface area contributed by atoms with E-state index in [4.69, 9.17) is 11.1 Å². The molecule has 0 aliphatic heterocycles. The molecule has 5 heteroatoms. The minimum atomic E-state index is -0.422. The van der Waals surface area contributed by atoms with Crippen LogP contribution in [0, 0.1) is 11.2 Å². The number of allylic oxidation sites excluding steroid dienone is 1. The quantitative estimate of drug-likeness (QED) is 0.669. The van der Waals surface area contributed by atoms with Gasteiger partial charge in [-0.1, -0.05) is 12.1 Å². The number of nitrogens with one attached hydrogen (secondary N) is 2. The number of nitrogens with two attached hydrogens (primary N) is 1. The Kier molecular flexibility index (Phi) is 3.77. The third-order valence-corrected chi connectivity index (χ3v) is 1.76. The summed E-state index contributed by atoms with van der Waals surface area (Å²) in [7, 11) is 0. The van der Waals surface area contributed by atoms with E-state index in [9.17, 15) is 9.18 Å². The summed E-state index contributed by atoms with van der Waals surface area (Å²) in [5.74, 6) is -0.684. The SMILES string of the molecule is CC(=O)N/C(N)=C/C(=N)c1cccc(F)c1. The number of hydrogen-bond donors (Lipinski definition) is 3. The molecule has 0 atom stereocenters. The van der Waals surface area contributed by atoms with Gasteiger partial charge < -0.3 is 16.5 Å². The molecule has 0 fully saturated rings. The van der Waals surface area contributed by atoms with E-state index in [0.29, 0.717) is 5.56 Å². The number of amides is 1. The summed E-state index contributed by atoms with van der Waals surface area (Å²) < 4.78 is 12.9. The van der Waals surface area contributed by atoms with Crippen molar-refractivity contribution in [3.8, 4) is 0 Å². The first-order chi connectivity index (χ1) is 7.49. The van der Waals surface area contributed by atoms with Crippen LogP contribution in [0.15, 0.2) is 36.2 Å². The Morgan fingerprint density at radius 3 is 2.81 bits per heavy atom. The van der Waals surface area contributed by atoms with E-state index in [0.717, 1.165) is 0 Å². The summed E-state index contributed by atoms with van der Waals surface area (Å²) in [6.45, 7) is 1.31. The number of benzene rings is 1. The van der Waals surface area contributed by atoms with Gasteiger partial charge in [-0.05, 0) is 12.1 Å². The van der Waals surface area contributed by atoms with Crippen molar-refractivity contribution in [3.63, 3.8) is 0 Å². The standard InChI is InChI=1S/C11H12FN3O/c1-7(16)15-11(14)6-10(13)8-3-2-4-9(12)5-8/h2-6,13H,14H2,1H3,(H,15,16)/b11-6+,13-10?. The Morgan fingerprint density at radius 1 is 1.56 bits per heavy atom. The molecule has 1 aromatic rings. The summed E-state index contributed by atoms with van der Waals surface area (Å²) in [5, 5.41) is 9.95. The van der Waals surface area contributed by atoms with E-state index >= 15 is 0 Å². The van der Waals surface area contributed by atoms with Gasteiger partial charge in [0.2, 0.25) is 5.91 Å². The molecule has 0 saturated carbocycles. The van der Waals surface area contributed by atoms with Gasteiger partial charge in [0.1, 0.15) is 11.6 Å². The average Bonchev–Trinajstić information content (AvgIpc) is 2.16. The van der Waals surface area contributed by atoms with Crippen LogP contribution in [-0.4, -0.2) is 11.6 Å². The van der Waals surface area contributed by atoms with E-state index in [2.05, 4.69) is 5.32 Å². The highest BCUT2D eigenvalue weighted by atomic mass is 19.1. The minimum Gasteiger partial charge on any atom is -0.385 e. The van der Waals surface area contributed by atoms with Gasteiger partial charge in [-0.15, -0.1) is 0 Å². The van der Waals surface area contributed by atoms with Crippen molar-refractivity contribution in [1.29, 1.82) is 5.41 Å². The lowest BCUT2D eigenvalue weighted by atomic mass is 10.1. The van der Waals surface area contributed by atoms with Crippen LogP contribution >= 0.6 is 0 Å². The first kappa shape index (κ1) is 11.9. The second-order valence-corrected chi connectivity index (χ2v) is 3.20. The van der Waals surface area contributed by atoms with Crippen LogP contribution in [0.5, 0.6) is 0 Å². The zero-order valence-corrected chi connectivity index (χ0v) is 8.75. The molecule has 0 aliphatic carbocycles. The molecule has 0 aliphatic rings. The second kappa shape index (κ2) is 5.06. The molecule has 0 aromatic heterocycles. The number of rotatable bonds is 3. The van der Waals surface area contributed by atoms with Crippen LogP contribution in [0.3, 0.4) is 0 Å². The Bertz CT molecular complexity index is 454. The zero-order chi connectivity index (χ0) is 12.1. The highest BCUT2D eigenvalue weighted by molar-refractivity contribution is 6.06. The van der Waals surface area contributed by atoms with Gasteiger partial charge in [0.05, 0.1) is 5.71 Å². The molecular weight excluding hydrogens is 209 g/mol. The van der Waals surface area contributed by atoms with Crippen molar-refractivity contribution < 1.29 is 9.18 Å². The van der Waals surface area contributed by atoms with Crippen molar-refractivity contribution >= 4 is 11.6 Å². The number of carbonyl (C=O) groups is 1. The summed E-state index contributed by atoms with van der Waals surface area (Å²) in [5.41, 5.74) is 5.88. The molecule has 0 bridgehead atoms. The van der Waals surface area contributed by atoms with Crippen LogP contribution < -0.4 is 11.1 Å². The second-order valence-electron chi connectivity index (χ2n) is 3.20. The lowest BCUT2D eigenvalue weighted by molar-refractivity contribution is -0.118. The molecule has 0 spiro atoms. The van der Waals surface area contributed by atoms with Gasteiger partial charge in [0.15, 0.2) is 0 Å². The Balaban J connectivity index is 2.83. The molecule has 4 N–H and O–H groups in total. The lowest BCUT2D eigenvalue weighted by Crippen LogP contribution is -2.25. The fraction of sp³-hybridized carbons (Fsp3) is 0.0909. The molecule has 1 amide bonds. The van der Waals surface area contributed by atoms with E-state index < -0.39 is 5.82 Å². The largest absolute Gasteiger partial charge is 0.385 e. The van der Waals surface area contributed by atoms with Crippen LogP contribution in [-0.2, 0) is 4.79 Å². The van der Waals surface area contributed by atoms with Crippen molar-refractivity contribution in [3.05, 3.63) is 47.5 Å². The van der Waals surface area contributed by atoms with Crippen LogP contribution in [0.1, 0.15) is 12.5 Å². The molecule has 0 unspecified atom stereocenters. The molecule has 1 rings (SSSR count). The maximum atomic E-state index is 12.9. The normalized spacial score (nSPS) is 11.0. The molecular formula is C11H12FN3O. The van der Waals surface area contributed by atoms with Crippen molar-refractivity contribution in [2.45, 2.75) is 6.92 Å². The van der Waals surface area contributed by atoms with Gasteiger partial charge in [0.25, 0.3) is 0 Å². The number of carbonyl (C=O) groups excluding carboxylic acids is 1. The smallest absolute Gasteiger partial charge is 0.222 e. The topological polar surface area (TPSA) is 79.0 Å². The monoisotopic (exact) mass is 221 g/mol. The third kappa shape index (κ3) is 3.53. The van der Waals surface area contributed by atoms with Crippen LogP contribution in [0.2, 0.25) is 0 Å². The molecule has 0 radical (unpaired) electrons. The highest BCUT2D eigenvalue weighted by Crippen LogP contribution is 2.05. The van der Waals surface area contributed by atoms with E-state index in [1.165, 1.54) is 31.2 Å². The predicted octanol–water partition coefficient (Wildman–Crippen LogP) is 1.13. The predicted molar refractivity (Wildman–Crippen MR) is 59.3 cm³/mol. The average molecular weight is 221 g/mol. The lowest BCUT2D eigenvalue weighted by Gasteiger charge is -2.03. The third-order valence-electron chi connectivity index (χ3n) is 1.76. The summed E-state index contributed by atoms with van der Waals surface area (Å²) >= 11 is 0. The number of hydrogen-bond acceptors (Lipinski definition) is 3. The van der Waals surface area contributed by atoms with Crippen LogP contribution in [0.4, 0.5) is 4.39 Å². The molecule has 1 aromatic carbocycles. The van der Waals surface area contributed by atoms with E-state index in [1.807, 2.05) is 0 Å². The highest BCUT2D eigenvalue weighted by Gasteiger charge is 2.01. The molecule has 0 heterocycles. The number of halogens is 1. The summed E-state index contributed by atoms with van der Waals surface area (Å²) in [6, 6.07) is 5.60. The van der Waals surface area contributed by atoms with Gasteiger partial charge in [-0.3, -0.25) is 4.79 Å². The van der Waals surface area contributed by atoms with Gasteiger partial charge >= 0.3 is 0 Å². The summed E-state index contributed by atoms with van der Waals surface area (Å²) in [4.78, 5) is 10.7. The van der Waals surface area contributed by atoms with Gasteiger partial charge in [0, 0.05) is 18.6 Å². The molecule has 0 saturated heterocycles. The van der Waals surface area contributed by atoms with Crippen molar-refractivity contribution in [1.82, 2.24) is 5.32 Å².